The first kappa shape index (κ1) is 22.9. The number of methoxy groups -OCH3 is 1. The third kappa shape index (κ3) is 5.91. The monoisotopic (exact) mass is 435 g/mol. The van der Waals surface area contributed by atoms with Crippen molar-refractivity contribution in [2.75, 3.05) is 33.9 Å². The van der Waals surface area contributed by atoms with Gasteiger partial charge in [-0.2, -0.15) is 13.2 Å². The van der Waals surface area contributed by atoms with E-state index < -0.39 is 11.7 Å². The van der Waals surface area contributed by atoms with Crippen LogP contribution in [-0.4, -0.2) is 39.9 Å². The third-order valence-corrected chi connectivity index (χ3v) is 5.71. The van der Waals surface area contributed by atoms with Gasteiger partial charge in [-0.3, -0.25) is 4.99 Å². The average molecular weight is 435 g/mol. The number of benzene rings is 2. The first-order valence-corrected chi connectivity index (χ1v) is 10.2. The highest BCUT2D eigenvalue weighted by Crippen LogP contribution is 2.35. The molecule has 1 aliphatic heterocycles. The summed E-state index contributed by atoms with van der Waals surface area (Å²) in [5, 5.41) is 6.56. The van der Waals surface area contributed by atoms with Crippen molar-refractivity contribution in [3.05, 3.63) is 65.2 Å². The maximum atomic E-state index is 12.7. The number of alkyl halides is 3. The fourth-order valence-corrected chi connectivity index (χ4v) is 3.75. The minimum atomic E-state index is -4.33. The molecule has 1 aliphatic rings. The second-order valence-corrected chi connectivity index (χ2v) is 7.60. The molecule has 168 valence electrons. The van der Waals surface area contributed by atoms with Gasteiger partial charge in [-0.05, 0) is 48.2 Å². The highest BCUT2D eigenvalue weighted by Gasteiger charge is 2.34. The normalized spacial score (nSPS) is 16.6. The lowest BCUT2D eigenvalue weighted by Gasteiger charge is -2.38. The van der Waals surface area contributed by atoms with Crippen LogP contribution in [0.5, 0.6) is 5.75 Å². The Balaban J connectivity index is 1.63. The van der Waals surface area contributed by atoms with Crippen molar-refractivity contribution in [2.45, 2.75) is 31.0 Å². The van der Waals surface area contributed by atoms with Crippen molar-refractivity contribution < 1.29 is 22.6 Å². The van der Waals surface area contributed by atoms with Crippen LogP contribution >= 0.6 is 0 Å². The Morgan fingerprint density at radius 3 is 2.23 bits per heavy atom. The predicted molar refractivity (Wildman–Crippen MR) is 114 cm³/mol. The van der Waals surface area contributed by atoms with Gasteiger partial charge in [0, 0.05) is 38.8 Å². The van der Waals surface area contributed by atoms with Crippen LogP contribution in [0.1, 0.15) is 29.5 Å². The van der Waals surface area contributed by atoms with E-state index in [0.29, 0.717) is 32.3 Å². The van der Waals surface area contributed by atoms with E-state index in [1.54, 1.807) is 14.2 Å². The number of rotatable bonds is 6. The number of nitrogens with one attached hydrogen (secondary N) is 2. The summed E-state index contributed by atoms with van der Waals surface area (Å²) < 4.78 is 49.0. The minimum Gasteiger partial charge on any atom is -0.497 e. The van der Waals surface area contributed by atoms with Crippen LogP contribution in [0.3, 0.4) is 0 Å². The fraction of sp³-hybridized carbons (Fsp3) is 0.435. The van der Waals surface area contributed by atoms with E-state index in [2.05, 4.69) is 27.8 Å². The van der Waals surface area contributed by atoms with E-state index in [0.717, 1.165) is 36.3 Å². The van der Waals surface area contributed by atoms with Gasteiger partial charge < -0.3 is 20.1 Å². The van der Waals surface area contributed by atoms with Crippen molar-refractivity contribution in [2.24, 2.45) is 4.99 Å². The maximum absolute atomic E-state index is 12.7. The van der Waals surface area contributed by atoms with Crippen LogP contribution in [0.15, 0.2) is 53.5 Å². The minimum absolute atomic E-state index is 0.101. The smallest absolute Gasteiger partial charge is 0.416 e. The van der Waals surface area contributed by atoms with Gasteiger partial charge in [0.05, 0.1) is 12.7 Å². The summed E-state index contributed by atoms with van der Waals surface area (Å²) in [4.78, 5) is 4.26. The number of nitrogens with zero attached hydrogens (tertiary/aromatic N) is 1. The molecule has 31 heavy (non-hydrogen) atoms. The van der Waals surface area contributed by atoms with Crippen LogP contribution in [0.2, 0.25) is 0 Å². The van der Waals surface area contributed by atoms with Gasteiger partial charge in [-0.1, -0.05) is 24.3 Å². The Kier molecular flexibility index (Phi) is 7.43. The molecule has 3 rings (SSSR count). The molecular weight excluding hydrogens is 407 g/mol. The van der Waals surface area contributed by atoms with Crippen LogP contribution in [0.25, 0.3) is 0 Å². The molecule has 0 amide bonds. The second-order valence-electron chi connectivity index (χ2n) is 7.60. The molecule has 1 fully saturated rings. The van der Waals surface area contributed by atoms with Crippen LogP contribution in [0, 0.1) is 0 Å². The summed E-state index contributed by atoms with van der Waals surface area (Å²) in [6.07, 6.45) is -2.58. The number of ether oxygens (including phenoxy) is 2. The summed E-state index contributed by atoms with van der Waals surface area (Å²) in [5.41, 5.74) is 1.20. The van der Waals surface area contributed by atoms with Crippen LogP contribution in [0.4, 0.5) is 13.2 Å². The lowest BCUT2D eigenvalue weighted by molar-refractivity contribution is -0.137. The van der Waals surface area contributed by atoms with E-state index in [-0.39, 0.29) is 5.41 Å². The standard InChI is InChI=1S/C23H28F3N3O2/c1-27-21(28-15-17-3-5-19(6-4-17)23(24,25)26)29-16-22(11-13-31-14-12-22)18-7-9-20(30-2)10-8-18/h3-10H,11-16H2,1-2H3,(H2,27,28,29). The van der Waals surface area contributed by atoms with E-state index >= 15 is 0 Å². The quantitative estimate of drug-likeness (QED) is 0.529. The predicted octanol–water partition coefficient (Wildman–Crippen LogP) is 4.13. The summed E-state index contributed by atoms with van der Waals surface area (Å²) in [5.74, 6) is 1.41. The molecule has 2 aromatic rings. The molecule has 0 radical (unpaired) electrons. The Morgan fingerprint density at radius 2 is 1.68 bits per heavy atom. The molecular formula is C23H28F3N3O2. The van der Waals surface area contributed by atoms with Gasteiger partial charge in [0.2, 0.25) is 0 Å². The third-order valence-electron chi connectivity index (χ3n) is 5.71. The summed E-state index contributed by atoms with van der Waals surface area (Å²) in [6.45, 7) is 2.41. The van der Waals surface area contributed by atoms with Crippen molar-refractivity contribution in [3.63, 3.8) is 0 Å². The number of hydrogen-bond acceptors (Lipinski definition) is 3. The topological polar surface area (TPSA) is 54.9 Å². The van der Waals surface area contributed by atoms with Gasteiger partial charge >= 0.3 is 6.18 Å². The lowest BCUT2D eigenvalue weighted by atomic mass is 9.74. The van der Waals surface area contributed by atoms with E-state index in [9.17, 15) is 13.2 Å². The molecule has 1 heterocycles. The molecule has 0 atom stereocenters. The Bertz CT molecular complexity index is 859. The summed E-state index contributed by atoms with van der Waals surface area (Å²) in [7, 11) is 3.32. The zero-order chi connectivity index (χ0) is 22.3. The number of aliphatic imine (C=N–C) groups is 1. The summed E-state index contributed by atoms with van der Waals surface area (Å²) in [6, 6.07) is 13.2. The second kappa shape index (κ2) is 10.0. The molecule has 1 saturated heterocycles. The first-order valence-electron chi connectivity index (χ1n) is 10.2. The lowest BCUT2D eigenvalue weighted by Crippen LogP contribution is -2.47. The number of halogens is 3. The molecule has 8 heteroatoms. The molecule has 0 bridgehead atoms. The van der Waals surface area contributed by atoms with Crippen molar-refractivity contribution in [1.82, 2.24) is 10.6 Å². The van der Waals surface area contributed by atoms with Gasteiger partial charge in [-0.15, -0.1) is 0 Å². The van der Waals surface area contributed by atoms with Crippen LogP contribution in [-0.2, 0) is 22.9 Å². The molecule has 0 saturated carbocycles. The van der Waals surface area contributed by atoms with Crippen molar-refractivity contribution in [1.29, 1.82) is 0 Å². The zero-order valence-electron chi connectivity index (χ0n) is 17.8. The molecule has 0 aromatic heterocycles. The maximum Gasteiger partial charge on any atom is 0.416 e. The highest BCUT2D eigenvalue weighted by atomic mass is 19.4. The fourth-order valence-electron chi connectivity index (χ4n) is 3.75. The van der Waals surface area contributed by atoms with Crippen molar-refractivity contribution in [3.8, 4) is 5.75 Å². The Morgan fingerprint density at radius 1 is 1.03 bits per heavy atom. The first-order chi connectivity index (χ1) is 14.9. The van der Waals surface area contributed by atoms with E-state index in [1.165, 1.54) is 17.7 Å². The molecule has 0 unspecified atom stereocenters. The van der Waals surface area contributed by atoms with Gasteiger partial charge in [0.25, 0.3) is 0 Å². The molecule has 0 spiro atoms. The summed E-state index contributed by atoms with van der Waals surface area (Å²) >= 11 is 0. The average Bonchev–Trinajstić information content (AvgIpc) is 2.79. The largest absolute Gasteiger partial charge is 0.497 e. The molecule has 0 aliphatic carbocycles. The zero-order valence-corrected chi connectivity index (χ0v) is 17.8. The SMILES string of the molecule is CN=C(NCc1ccc(C(F)(F)F)cc1)NCC1(c2ccc(OC)cc2)CCOCC1. The Labute approximate surface area is 180 Å². The molecule has 5 nitrogen and oxygen atoms in total. The number of guanidine groups is 1. The molecule has 2 N–H and O–H groups in total. The number of hydrogen-bond donors (Lipinski definition) is 2. The Hall–Kier alpha value is -2.74. The van der Waals surface area contributed by atoms with Gasteiger partial charge in [0.1, 0.15) is 5.75 Å². The van der Waals surface area contributed by atoms with Crippen LogP contribution < -0.4 is 15.4 Å². The van der Waals surface area contributed by atoms with Gasteiger partial charge in [-0.25, -0.2) is 0 Å². The highest BCUT2D eigenvalue weighted by molar-refractivity contribution is 5.79. The van der Waals surface area contributed by atoms with Crippen molar-refractivity contribution >= 4 is 5.96 Å². The molecule has 2 aromatic carbocycles. The van der Waals surface area contributed by atoms with Gasteiger partial charge in [0.15, 0.2) is 5.96 Å². The van der Waals surface area contributed by atoms with E-state index in [4.69, 9.17) is 9.47 Å². The van der Waals surface area contributed by atoms with E-state index in [1.807, 2.05) is 12.1 Å².